The third-order valence-electron chi connectivity index (χ3n) is 4.76. The van der Waals surface area contributed by atoms with Crippen LogP contribution in [0.25, 0.3) is 0 Å². The van der Waals surface area contributed by atoms with Crippen LogP contribution in [0.4, 0.5) is 0 Å². The number of allylic oxidation sites excluding steroid dienone is 2. The summed E-state index contributed by atoms with van der Waals surface area (Å²) in [6.07, 6.45) is 0. The molecule has 3 rings (SSSR count). The molecule has 0 saturated heterocycles. The quantitative estimate of drug-likeness (QED) is 0.596. The van der Waals surface area contributed by atoms with Crippen molar-refractivity contribution in [3.63, 3.8) is 0 Å². The highest BCUT2D eigenvalue weighted by Gasteiger charge is 2.36. The van der Waals surface area contributed by atoms with Crippen LogP contribution in [0.5, 0.6) is 5.75 Å². The number of carbonyl (C=O) groups excluding carboxylic acids is 1. The van der Waals surface area contributed by atoms with Crippen LogP contribution in [0.15, 0.2) is 65.3 Å². The molecular weight excluding hydrogens is 439 g/mol. The van der Waals surface area contributed by atoms with E-state index in [1.807, 2.05) is 0 Å². The monoisotopic (exact) mass is 458 g/mol. The molecule has 1 atom stereocenters. The Bertz CT molecular complexity index is 1080. The fourth-order valence-corrected chi connectivity index (χ4v) is 3.78. The summed E-state index contributed by atoms with van der Waals surface area (Å²) in [7, 11) is 0. The van der Waals surface area contributed by atoms with E-state index in [1.165, 1.54) is 0 Å². The van der Waals surface area contributed by atoms with Crippen molar-refractivity contribution < 1.29 is 19.0 Å². The lowest BCUT2D eigenvalue weighted by Gasteiger charge is -2.26. The third kappa shape index (κ3) is 4.79. The Balaban J connectivity index is 1.88. The van der Waals surface area contributed by atoms with E-state index in [0.29, 0.717) is 32.7 Å². The van der Waals surface area contributed by atoms with E-state index in [1.54, 1.807) is 56.3 Å². The van der Waals surface area contributed by atoms with Crippen molar-refractivity contribution in [2.24, 2.45) is 5.73 Å². The maximum absolute atomic E-state index is 12.6. The Morgan fingerprint density at radius 3 is 2.42 bits per heavy atom. The molecule has 0 spiro atoms. The number of nitrogens with two attached hydrogens (primary N) is 1. The molecule has 0 radical (unpaired) electrons. The molecule has 31 heavy (non-hydrogen) atoms. The zero-order chi connectivity index (χ0) is 22.5. The number of ether oxygens (including phenoxy) is 3. The van der Waals surface area contributed by atoms with Crippen molar-refractivity contribution in [3.8, 4) is 11.8 Å². The third-order valence-corrected chi connectivity index (χ3v) is 5.47. The summed E-state index contributed by atoms with van der Waals surface area (Å²) in [5.41, 5.74) is 7.66. The first kappa shape index (κ1) is 22.5. The summed E-state index contributed by atoms with van der Waals surface area (Å²) < 4.78 is 16.4. The number of nitriles is 1. The average Bonchev–Trinajstić information content (AvgIpc) is 2.73. The number of rotatable bonds is 6. The fraction of sp³-hybridized carbons (Fsp3) is 0.217. The van der Waals surface area contributed by atoms with Crippen molar-refractivity contribution in [2.45, 2.75) is 26.4 Å². The lowest BCUT2D eigenvalue weighted by molar-refractivity contribution is -0.139. The molecule has 0 aliphatic carbocycles. The molecule has 2 N–H and O–H groups in total. The van der Waals surface area contributed by atoms with Gasteiger partial charge in [-0.1, -0.05) is 41.4 Å². The second-order valence-corrected chi connectivity index (χ2v) is 7.49. The van der Waals surface area contributed by atoms with Gasteiger partial charge in [0.15, 0.2) is 0 Å². The zero-order valence-corrected chi connectivity index (χ0v) is 18.5. The van der Waals surface area contributed by atoms with Crippen molar-refractivity contribution >= 4 is 29.2 Å². The molecule has 6 nitrogen and oxygen atoms in total. The van der Waals surface area contributed by atoms with Crippen molar-refractivity contribution in [2.75, 3.05) is 6.61 Å². The van der Waals surface area contributed by atoms with E-state index >= 15 is 0 Å². The van der Waals surface area contributed by atoms with Gasteiger partial charge in [0.2, 0.25) is 5.88 Å². The standard InChI is InChI=1S/C23H20Cl2N2O4/c1-3-29-23(28)20-13(2)31-22(27)16(11-26)21(20)14-7-9-15(10-8-14)30-12-17-18(24)5-4-6-19(17)25/h4-10,21H,3,12,27H2,1-2H3. The van der Waals surface area contributed by atoms with Crippen LogP contribution in [0.2, 0.25) is 10.0 Å². The minimum atomic E-state index is -0.704. The van der Waals surface area contributed by atoms with Crippen molar-refractivity contribution in [3.05, 3.63) is 86.4 Å². The fourth-order valence-electron chi connectivity index (χ4n) is 3.27. The second kappa shape index (κ2) is 9.78. The van der Waals surface area contributed by atoms with Gasteiger partial charge in [-0.2, -0.15) is 5.26 Å². The predicted molar refractivity (Wildman–Crippen MR) is 117 cm³/mol. The maximum atomic E-state index is 12.6. The second-order valence-electron chi connectivity index (χ2n) is 6.67. The molecule has 0 amide bonds. The number of carbonyl (C=O) groups is 1. The smallest absolute Gasteiger partial charge is 0.338 e. The number of halogens is 2. The zero-order valence-electron chi connectivity index (χ0n) is 16.9. The van der Waals surface area contributed by atoms with Crippen LogP contribution >= 0.6 is 23.2 Å². The molecular formula is C23H20Cl2N2O4. The Morgan fingerprint density at radius 1 is 1.19 bits per heavy atom. The Hall–Kier alpha value is -3.14. The first-order valence-electron chi connectivity index (χ1n) is 9.48. The summed E-state index contributed by atoms with van der Waals surface area (Å²) in [4.78, 5) is 12.6. The molecule has 0 fully saturated rings. The van der Waals surface area contributed by atoms with Crippen molar-refractivity contribution in [1.29, 1.82) is 5.26 Å². The maximum Gasteiger partial charge on any atom is 0.338 e. The normalized spacial score (nSPS) is 15.9. The number of benzene rings is 2. The Kier molecular flexibility index (Phi) is 7.11. The lowest BCUT2D eigenvalue weighted by Crippen LogP contribution is -2.25. The highest BCUT2D eigenvalue weighted by atomic mass is 35.5. The molecule has 1 aliphatic heterocycles. The Labute approximate surface area is 190 Å². The van der Waals surface area contributed by atoms with Gasteiger partial charge in [0.25, 0.3) is 0 Å². The van der Waals surface area contributed by atoms with Gasteiger partial charge in [-0.25, -0.2) is 4.79 Å². The van der Waals surface area contributed by atoms with Gasteiger partial charge in [0.05, 0.1) is 18.1 Å². The van der Waals surface area contributed by atoms with Crippen LogP contribution in [-0.2, 0) is 20.9 Å². The van der Waals surface area contributed by atoms with E-state index in [9.17, 15) is 10.1 Å². The first-order valence-corrected chi connectivity index (χ1v) is 10.2. The molecule has 8 heteroatoms. The molecule has 1 heterocycles. The minimum Gasteiger partial charge on any atom is -0.489 e. The van der Waals surface area contributed by atoms with Gasteiger partial charge in [0.1, 0.15) is 29.8 Å². The van der Waals surface area contributed by atoms with Crippen LogP contribution in [-0.4, -0.2) is 12.6 Å². The molecule has 2 aromatic carbocycles. The van der Waals surface area contributed by atoms with E-state index < -0.39 is 11.9 Å². The molecule has 1 aliphatic rings. The lowest BCUT2D eigenvalue weighted by atomic mass is 9.83. The molecule has 2 aromatic rings. The van der Waals surface area contributed by atoms with Gasteiger partial charge in [-0.3, -0.25) is 0 Å². The van der Waals surface area contributed by atoms with Crippen LogP contribution in [0, 0.1) is 11.3 Å². The highest BCUT2D eigenvalue weighted by molar-refractivity contribution is 6.35. The van der Waals surface area contributed by atoms with Gasteiger partial charge in [-0.15, -0.1) is 0 Å². The predicted octanol–water partition coefficient (Wildman–Crippen LogP) is 5.22. The van der Waals surface area contributed by atoms with E-state index in [-0.39, 0.29) is 30.2 Å². The molecule has 0 saturated carbocycles. The molecule has 1 unspecified atom stereocenters. The topological polar surface area (TPSA) is 94.6 Å². The van der Waals surface area contributed by atoms with Crippen LogP contribution < -0.4 is 10.5 Å². The van der Waals surface area contributed by atoms with Crippen molar-refractivity contribution in [1.82, 2.24) is 0 Å². The Morgan fingerprint density at radius 2 is 1.84 bits per heavy atom. The van der Waals surface area contributed by atoms with Crippen LogP contribution in [0.1, 0.15) is 30.9 Å². The van der Waals surface area contributed by atoms with Gasteiger partial charge in [-0.05, 0) is 43.7 Å². The number of esters is 1. The summed E-state index contributed by atoms with van der Waals surface area (Å²) >= 11 is 12.4. The van der Waals surface area contributed by atoms with Gasteiger partial charge in [0, 0.05) is 15.6 Å². The summed E-state index contributed by atoms with van der Waals surface area (Å²) in [6.45, 7) is 3.71. The minimum absolute atomic E-state index is 0.0354. The van der Waals surface area contributed by atoms with E-state index in [4.69, 9.17) is 43.1 Å². The summed E-state index contributed by atoms with van der Waals surface area (Å²) in [6, 6.07) is 14.3. The van der Waals surface area contributed by atoms with Gasteiger partial charge < -0.3 is 19.9 Å². The molecule has 160 valence electrons. The summed E-state index contributed by atoms with van der Waals surface area (Å²) in [5, 5.41) is 10.7. The SMILES string of the molecule is CCOC(=O)C1=C(C)OC(N)=C(C#N)C1c1ccc(OCc2c(Cl)cccc2Cl)cc1. The van der Waals surface area contributed by atoms with Gasteiger partial charge >= 0.3 is 5.97 Å². The molecule has 0 bridgehead atoms. The largest absolute Gasteiger partial charge is 0.489 e. The average molecular weight is 459 g/mol. The summed E-state index contributed by atoms with van der Waals surface area (Å²) in [5.74, 6) is -0.426. The van der Waals surface area contributed by atoms with E-state index in [0.717, 1.165) is 0 Å². The first-order chi connectivity index (χ1) is 14.9. The number of hydrogen-bond donors (Lipinski definition) is 1. The molecule has 0 aromatic heterocycles. The van der Waals surface area contributed by atoms with E-state index in [2.05, 4.69) is 6.07 Å². The number of hydrogen-bond acceptors (Lipinski definition) is 6. The highest BCUT2D eigenvalue weighted by Crippen LogP contribution is 2.40. The number of nitrogens with zero attached hydrogens (tertiary/aromatic N) is 1. The van der Waals surface area contributed by atoms with Crippen LogP contribution in [0.3, 0.4) is 0 Å².